The van der Waals surface area contributed by atoms with Crippen LogP contribution in [0.2, 0.25) is 0 Å². The molecule has 1 fully saturated rings. The van der Waals surface area contributed by atoms with Crippen LogP contribution < -0.4 is 5.43 Å². The summed E-state index contributed by atoms with van der Waals surface area (Å²) in [6.07, 6.45) is 2.77. The second-order valence-electron chi connectivity index (χ2n) is 3.90. The van der Waals surface area contributed by atoms with E-state index in [2.05, 4.69) is 19.3 Å². The molecule has 0 heterocycles. The van der Waals surface area contributed by atoms with E-state index in [1.807, 2.05) is 19.1 Å². The third-order valence-corrected chi connectivity index (χ3v) is 2.54. The molecule has 1 N–H and O–H groups in total. The van der Waals surface area contributed by atoms with Crippen molar-refractivity contribution in [1.29, 1.82) is 0 Å². The average molecular weight is 142 g/mol. The van der Waals surface area contributed by atoms with Crippen molar-refractivity contribution in [1.82, 2.24) is 10.4 Å². The van der Waals surface area contributed by atoms with Crippen LogP contribution in [0.4, 0.5) is 0 Å². The molecule has 0 amide bonds. The van der Waals surface area contributed by atoms with E-state index in [0.717, 1.165) is 0 Å². The summed E-state index contributed by atoms with van der Waals surface area (Å²) in [6, 6.07) is 0.627. The van der Waals surface area contributed by atoms with Gasteiger partial charge in [0.2, 0.25) is 0 Å². The molecule has 60 valence electrons. The maximum absolute atomic E-state index is 3.38. The Labute approximate surface area is 63.6 Å². The highest BCUT2D eigenvalue weighted by molar-refractivity contribution is 4.95. The minimum Gasteiger partial charge on any atom is -0.252 e. The Balaban J connectivity index is 2.28. The van der Waals surface area contributed by atoms with Crippen molar-refractivity contribution in [2.24, 2.45) is 5.41 Å². The third-order valence-electron chi connectivity index (χ3n) is 2.54. The first-order valence-electron chi connectivity index (χ1n) is 3.98. The smallest absolute Gasteiger partial charge is 0.0240 e. The van der Waals surface area contributed by atoms with E-state index in [1.54, 1.807) is 0 Å². The normalized spacial score (nSPS) is 24.9. The van der Waals surface area contributed by atoms with Gasteiger partial charge in [-0.25, -0.2) is 0 Å². The molecule has 1 aliphatic rings. The molecule has 1 rings (SSSR count). The standard InChI is InChI=1S/C8H18N2/c1-7(9-10(3)4)8(2)5-6-8/h7,9H,5-6H2,1-4H3. The Hall–Kier alpha value is -0.0800. The Kier molecular flexibility index (Phi) is 2.02. The fourth-order valence-corrected chi connectivity index (χ4v) is 1.17. The van der Waals surface area contributed by atoms with E-state index in [9.17, 15) is 0 Å². The zero-order chi connectivity index (χ0) is 7.78. The van der Waals surface area contributed by atoms with E-state index in [4.69, 9.17) is 0 Å². The molecule has 1 saturated carbocycles. The van der Waals surface area contributed by atoms with Gasteiger partial charge in [-0.15, -0.1) is 0 Å². The predicted molar refractivity (Wildman–Crippen MR) is 43.6 cm³/mol. The highest BCUT2D eigenvalue weighted by Gasteiger charge is 2.42. The zero-order valence-corrected chi connectivity index (χ0v) is 7.44. The lowest BCUT2D eigenvalue weighted by Crippen LogP contribution is -2.42. The van der Waals surface area contributed by atoms with Crippen molar-refractivity contribution in [3.8, 4) is 0 Å². The molecule has 10 heavy (non-hydrogen) atoms. The lowest BCUT2D eigenvalue weighted by atomic mass is 10.0. The second kappa shape index (κ2) is 2.51. The molecule has 0 aliphatic heterocycles. The molecule has 0 spiro atoms. The van der Waals surface area contributed by atoms with Crippen molar-refractivity contribution in [2.45, 2.75) is 32.7 Å². The summed E-state index contributed by atoms with van der Waals surface area (Å²) in [5.74, 6) is 0. The van der Waals surface area contributed by atoms with Gasteiger partial charge in [-0.1, -0.05) is 6.92 Å². The number of hydrazine groups is 1. The quantitative estimate of drug-likeness (QED) is 0.596. The number of nitrogens with zero attached hydrogens (tertiary/aromatic N) is 1. The lowest BCUT2D eigenvalue weighted by molar-refractivity contribution is 0.203. The fraction of sp³-hybridized carbons (Fsp3) is 1.00. The van der Waals surface area contributed by atoms with Crippen molar-refractivity contribution in [3.05, 3.63) is 0 Å². The lowest BCUT2D eigenvalue weighted by Gasteiger charge is -2.24. The SMILES string of the molecule is CC(NN(C)C)C1(C)CC1. The first-order valence-corrected chi connectivity index (χ1v) is 3.98. The van der Waals surface area contributed by atoms with Crippen LogP contribution in [0.15, 0.2) is 0 Å². The predicted octanol–water partition coefficient (Wildman–Crippen LogP) is 1.24. The molecule has 0 bridgehead atoms. The van der Waals surface area contributed by atoms with Gasteiger partial charge in [-0.2, -0.15) is 0 Å². The molecule has 2 nitrogen and oxygen atoms in total. The Morgan fingerprint density at radius 1 is 1.40 bits per heavy atom. The number of hydrogen-bond donors (Lipinski definition) is 1. The summed E-state index contributed by atoms with van der Waals surface area (Å²) in [5.41, 5.74) is 3.97. The van der Waals surface area contributed by atoms with Gasteiger partial charge >= 0.3 is 0 Å². The van der Waals surface area contributed by atoms with Crippen LogP contribution in [0.25, 0.3) is 0 Å². The summed E-state index contributed by atoms with van der Waals surface area (Å²) in [4.78, 5) is 0. The van der Waals surface area contributed by atoms with Crippen LogP contribution in [0.5, 0.6) is 0 Å². The average Bonchev–Trinajstić information content (AvgIpc) is 2.47. The molecule has 0 saturated heterocycles. The van der Waals surface area contributed by atoms with Crippen molar-refractivity contribution in [2.75, 3.05) is 14.1 Å². The maximum atomic E-state index is 3.38. The van der Waals surface area contributed by atoms with Crippen LogP contribution in [0, 0.1) is 5.41 Å². The molecular weight excluding hydrogens is 124 g/mol. The van der Waals surface area contributed by atoms with E-state index < -0.39 is 0 Å². The highest BCUT2D eigenvalue weighted by Crippen LogP contribution is 2.47. The van der Waals surface area contributed by atoms with Crippen LogP contribution in [-0.4, -0.2) is 25.1 Å². The topological polar surface area (TPSA) is 15.3 Å². The molecule has 0 radical (unpaired) electrons. The van der Waals surface area contributed by atoms with E-state index in [1.165, 1.54) is 12.8 Å². The molecule has 0 aromatic rings. The molecule has 0 aromatic heterocycles. The summed E-state index contributed by atoms with van der Waals surface area (Å²) < 4.78 is 0. The van der Waals surface area contributed by atoms with Crippen molar-refractivity contribution in [3.63, 3.8) is 0 Å². The van der Waals surface area contributed by atoms with Gasteiger partial charge in [0.1, 0.15) is 0 Å². The summed E-state index contributed by atoms with van der Waals surface area (Å²) in [6.45, 7) is 4.60. The third kappa shape index (κ3) is 1.70. The molecular formula is C8H18N2. The Morgan fingerprint density at radius 3 is 2.20 bits per heavy atom. The molecule has 2 heteroatoms. The van der Waals surface area contributed by atoms with E-state index >= 15 is 0 Å². The Morgan fingerprint density at radius 2 is 1.90 bits per heavy atom. The van der Waals surface area contributed by atoms with Gasteiger partial charge in [0.15, 0.2) is 0 Å². The van der Waals surface area contributed by atoms with Crippen LogP contribution in [-0.2, 0) is 0 Å². The van der Waals surface area contributed by atoms with Gasteiger partial charge in [0, 0.05) is 20.1 Å². The molecule has 1 aliphatic carbocycles. The fourth-order valence-electron chi connectivity index (χ4n) is 1.17. The monoisotopic (exact) mass is 142 g/mol. The Bertz CT molecular complexity index is 116. The largest absolute Gasteiger partial charge is 0.252 e. The zero-order valence-electron chi connectivity index (χ0n) is 7.44. The number of rotatable bonds is 3. The summed E-state index contributed by atoms with van der Waals surface area (Å²) >= 11 is 0. The van der Waals surface area contributed by atoms with E-state index in [0.29, 0.717) is 11.5 Å². The van der Waals surface area contributed by atoms with Gasteiger partial charge in [-0.05, 0) is 25.2 Å². The summed E-state index contributed by atoms with van der Waals surface area (Å²) in [5, 5.41) is 2.04. The minimum absolute atomic E-state index is 0.588. The van der Waals surface area contributed by atoms with Gasteiger partial charge in [-0.3, -0.25) is 10.4 Å². The maximum Gasteiger partial charge on any atom is 0.0240 e. The van der Waals surface area contributed by atoms with Crippen molar-refractivity contribution >= 4 is 0 Å². The number of nitrogens with one attached hydrogen (secondary N) is 1. The molecule has 0 aromatic carbocycles. The van der Waals surface area contributed by atoms with Gasteiger partial charge < -0.3 is 0 Å². The highest BCUT2D eigenvalue weighted by atomic mass is 15.5. The van der Waals surface area contributed by atoms with Gasteiger partial charge in [0.05, 0.1) is 0 Å². The van der Waals surface area contributed by atoms with Crippen LogP contribution in [0.1, 0.15) is 26.7 Å². The molecule has 1 unspecified atom stereocenters. The summed E-state index contributed by atoms with van der Waals surface area (Å²) in [7, 11) is 4.09. The second-order valence-corrected chi connectivity index (χ2v) is 3.90. The van der Waals surface area contributed by atoms with Crippen LogP contribution >= 0.6 is 0 Å². The first kappa shape index (κ1) is 8.02. The first-order chi connectivity index (χ1) is 4.54. The minimum atomic E-state index is 0.588. The van der Waals surface area contributed by atoms with E-state index in [-0.39, 0.29) is 0 Å². The van der Waals surface area contributed by atoms with Gasteiger partial charge in [0.25, 0.3) is 0 Å². The van der Waals surface area contributed by atoms with Crippen LogP contribution in [0.3, 0.4) is 0 Å². The number of hydrogen-bond acceptors (Lipinski definition) is 2. The molecule has 1 atom stereocenters. The van der Waals surface area contributed by atoms with Crippen molar-refractivity contribution < 1.29 is 0 Å².